The van der Waals surface area contributed by atoms with Gasteiger partial charge in [0, 0.05) is 11.6 Å². The molecule has 0 fully saturated rings. The van der Waals surface area contributed by atoms with Crippen LogP contribution in [0.2, 0.25) is 0 Å². The summed E-state index contributed by atoms with van der Waals surface area (Å²) in [4.78, 5) is 35.5. The van der Waals surface area contributed by atoms with Crippen molar-refractivity contribution in [2.75, 3.05) is 14.2 Å². The number of benzene rings is 1. The second-order valence-corrected chi connectivity index (χ2v) is 6.41. The number of hydrogen-bond donors (Lipinski definition) is 2. The maximum absolute atomic E-state index is 12.2. The molecule has 0 aliphatic heterocycles. The first-order chi connectivity index (χ1) is 13.3. The molecule has 9 nitrogen and oxygen atoms in total. The van der Waals surface area contributed by atoms with Gasteiger partial charge in [-0.15, -0.1) is 0 Å². The summed E-state index contributed by atoms with van der Waals surface area (Å²) in [6, 6.07) is 6.94. The molecule has 0 radical (unpaired) electrons. The van der Waals surface area contributed by atoms with Gasteiger partial charge in [-0.2, -0.15) is 5.10 Å². The molecular weight excluding hydrogens is 366 g/mol. The number of carbonyl (C=O) groups is 2. The Kier molecular flexibility index (Phi) is 6.75. The van der Waals surface area contributed by atoms with Gasteiger partial charge in [-0.25, -0.2) is 9.48 Å². The van der Waals surface area contributed by atoms with Crippen molar-refractivity contribution in [3.05, 3.63) is 40.7 Å². The van der Waals surface area contributed by atoms with Crippen LogP contribution >= 0.6 is 0 Å². The second-order valence-electron chi connectivity index (χ2n) is 6.41. The fourth-order valence-corrected chi connectivity index (χ4v) is 2.58. The molecule has 0 aliphatic carbocycles. The quantitative estimate of drug-likeness (QED) is 0.695. The predicted molar refractivity (Wildman–Crippen MR) is 101 cm³/mol. The van der Waals surface area contributed by atoms with Gasteiger partial charge in [0.15, 0.2) is 11.5 Å². The van der Waals surface area contributed by atoms with E-state index in [0.29, 0.717) is 22.8 Å². The van der Waals surface area contributed by atoms with Gasteiger partial charge in [0.05, 0.1) is 19.9 Å². The summed E-state index contributed by atoms with van der Waals surface area (Å²) < 4.78 is 11.4. The number of nitrogens with zero attached hydrogens (tertiary/aromatic N) is 2. The fraction of sp³-hybridized carbons (Fsp3) is 0.368. The first kappa shape index (κ1) is 20.9. The molecule has 1 heterocycles. The Bertz CT molecular complexity index is 922. The Morgan fingerprint density at radius 1 is 1.14 bits per heavy atom. The molecule has 1 atom stereocenters. The number of carbonyl (C=O) groups excluding carboxylic acids is 1. The van der Waals surface area contributed by atoms with Crippen molar-refractivity contribution in [1.29, 1.82) is 0 Å². The largest absolute Gasteiger partial charge is 0.493 e. The van der Waals surface area contributed by atoms with Crippen LogP contribution < -0.4 is 20.3 Å². The van der Waals surface area contributed by atoms with Crippen molar-refractivity contribution in [1.82, 2.24) is 15.1 Å². The molecule has 1 aromatic carbocycles. The lowest BCUT2D eigenvalue weighted by atomic mass is 10.1. The van der Waals surface area contributed by atoms with Gasteiger partial charge in [-0.3, -0.25) is 9.59 Å². The smallest absolute Gasteiger partial charge is 0.326 e. The lowest BCUT2D eigenvalue weighted by Crippen LogP contribution is -2.46. The van der Waals surface area contributed by atoms with E-state index in [-0.39, 0.29) is 5.92 Å². The summed E-state index contributed by atoms with van der Waals surface area (Å²) in [5.74, 6) is -1.00. The molecule has 0 bridgehead atoms. The number of hydrogen-bond acceptors (Lipinski definition) is 6. The van der Waals surface area contributed by atoms with E-state index >= 15 is 0 Å². The van der Waals surface area contributed by atoms with Crippen LogP contribution in [0.4, 0.5) is 0 Å². The van der Waals surface area contributed by atoms with Crippen molar-refractivity contribution in [3.8, 4) is 22.8 Å². The third-order valence-corrected chi connectivity index (χ3v) is 4.09. The van der Waals surface area contributed by atoms with Crippen molar-refractivity contribution in [2.24, 2.45) is 5.92 Å². The highest BCUT2D eigenvalue weighted by molar-refractivity contribution is 5.83. The molecule has 0 saturated heterocycles. The summed E-state index contributed by atoms with van der Waals surface area (Å²) in [7, 11) is 3.03. The molecule has 1 amide bonds. The van der Waals surface area contributed by atoms with Crippen molar-refractivity contribution in [2.45, 2.75) is 26.4 Å². The summed E-state index contributed by atoms with van der Waals surface area (Å²) in [5.41, 5.74) is 0.639. The maximum Gasteiger partial charge on any atom is 0.326 e. The molecule has 0 unspecified atom stereocenters. The highest BCUT2D eigenvalue weighted by atomic mass is 16.5. The first-order valence-corrected chi connectivity index (χ1v) is 8.59. The molecule has 2 aromatic rings. The Morgan fingerprint density at radius 3 is 2.39 bits per heavy atom. The number of carboxylic acid groups (broad SMARTS) is 1. The Balaban J connectivity index is 2.27. The van der Waals surface area contributed by atoms with Crippen molar-refractivity contribution in [3.63, 3.8) is 0 Å². The van der Waals surface area contributed by atoms with Crippen LogP contribution in [-0.2, 0) is 16.1 Å². The number of nitrogens with one attached hydrogen (secondary N) is 1. The van der Waals surface area contributed by atoms with Crippen LogP contribution in [-0.4, -0.2) is 47.0 Å². The van der Waals surface area contributed by atoms with Gasteiger partial charge in [-0.05, 0) is 30.2 Å². The van der Waals surface area contributed by atoms with E-state index in [1.807, 2.05) is 0 Å². The molecule has 28 heavy (non-hydrogen) atoms. The van der Waals surface area contributed by atoms with Gasteiger partial charge in [0.2, 0.25) is 5.91 Å². The molecule has 2 rings (SSSR count). The third-order valence-electron chi connectivity index (χ3n) is 4.09. The number of amides is 1. The number of methoxy groups -OCH3 is 2. The van der Waals surface area contributed by atoms with Crippen molar-refractivity contribution < 1.29 is 24.2 Å². The molecule has 150 valence electrons. The Morgan fingerprint density at radius 2 is 1.82 bits per heavy atom. The fourth-order valence-electron chi connectivity index (χ4n) is 2.58. The monoisotopic (exact) mass is 389 g/mol. The minimum Gasteiger partial charge on any atom is -0.493 e. The lowest BCUT2D eigenvalue weighted by Gasteiger charge is -2.18. The van der Waals surface area contributed by atoms with Crippen LogP contribution in [0.3, 0.4) is 0 Å². The molecule has 0 spiro atoms. The Hall–Kier alpha value is -3.36. The van der Waals surface area contributed by atoms with Gasteiger partial charge in [0.25, 0.3) is 5.56 Å². The predicted octanol–water partition coefficient (Wildman–Crippen LogP) is 1.15. The molecular formula is C19H23N3O6. The SMILES string of the molecule is COc1ccc(-c2ccc(=O)n(CC(=O)N[C@H](C(=O)O)C(C)C)n2)cc1OC. The van der Waals surface area contributed by atoms with Crippen LogP contribution in [0.5, 0.6) is 11.5 Å². The highest BCUT2D eigenvalue weighted by Gasteiger charge is 2.23. The number of aromatic nitrogens is 2. The molecule has 0 saturated carbocycles. The van der Waals surface area contributed by atoms with Gasteiger partial charge in [0.1, 0.15) is 12.6 Å². The first-order valence-electron chi connectivity index (χ1n) is 8.59. The van der Waals surface area contributed by atoms with Crippen molar-refractivity contribution >= 4 is 11.9 Å². The van der Waals surface area contributed by atoms with Gasteiger partial charge >= 0.3 is 5.97 Å². The van der Waals surface area contributed by atoms with E-state index in [2.05, 4.69) is 10.4 Å². The van der Waals surface area contributed by atoms with E-state index < -0.39 is 30.0 Å². The third kappa shape index (κ3) is 4.87. The molecule has 2 N–H and O–H groups in total. The Labute approximate surface area is 161 Å². The van der Waals surface area contributed by atoms with Gasteiger partial charge in [-0.1, -0.05) is 13.8 Å². The van der Waals surface area contributed by atoms with E-state index in [1.165, 1.54) is 26.4 Å². The zero-order valence-electron chi connectivity index (χ0n) is 16.1. The van der Waals surface area contributed by atoms with Crippen LogP contribution in [0.1, 0.15) is 13.8 Å². The number of rotatable bonds is 8. The number of ether oxygens (including phenoxy) is 2. The zero-order chi connectivity index (χ0) is 20.8. The van der Waals surface area contributed by atoms with E-state index in [9.17, 15) is 19.5 Å². The van der Waals surface area contributed by atoms with Crippen LogP contribution in [0.25, 0.3) is 11.3 Å². The van der Waals surface area contributed by atoms with E-state index in [0.717, 1.165) is 4.68 Å². The molecule has 1 aromatic heterocycles. The normalized spacial score (nSPS) is 11.8. The average Bonchev–Trinajstić information content (AvgIpc) is 2.66. The lowest BCUT2D eigenvalue weighted by molar-refractivity contribution is -0.143. The van der Waals surface area contributed by atoms with Gasteiger partial charge < -0.3 is 19.9 Å². The highest BCUT2D eigenvalue weighted by Crippen LogP contribution is 2.31. The maximum atomic E-state index is 12.2. The molecule has 0 aliphatic rings. The summed E-state index contributed by atoms with van der Waals surface area (Å²) in [5, 5.41) is 15.8. The minimum absolute atomic E-state index is 0.302. The minimum atomic E-state index is -1.14. The summed E-state index contributed by atoms with van der Waals surface area (Å²) in [6.45, 7) is 2.97. The van der Waals surface area contributed by atoms with Crippen LogP contribution in [0.15, 0.2) is 35.1 Å². The van der Waals surface area contributed by atoms with E-state index in [1.54, 1.807) is 32.0 Å². The standard InChI is InChI=1S/C19H23N3O6/c1-11(2)18(19(25)26)20-16(23)10-22-17(24)8-6-13(21-22)12-5-7-14(27-3)15(9-12)28-4/h5-9,11,18H,10H2,1-4H3,(H,20,23)(H,25,26)/t18-/m0/s1. The molecule has 9 heteroatoms. The zero-order valence-corrected chi connectivity index (χ0v) is 16.1. The average molecular weight is 389 g/mol. The van der Waals surface area contributed by atoms with E-state index in [4.69, 9.17) is 9.47 Å². The second kappa shape index (κ2) is 9.03. The number of carboxylic acids is 1. The van der Waals surface area contributed by atoms with Crippen LogP contribution in [0, 0.1) is 5.92 Å². The summed E-state index contributed by atoms with van der Waals surface area (Å²) >= 11 is 0. The topological polar surface area (TPSA) is 120 Å². The number of aliphatic carboxylic acids is 1. The summed E-state index contributed by atoms with van der Waals surface area (Å²) in [6.07, 6.45) is 0.